The smallest absolute Gasteiger partial charge is 0.344 e. The minimum Gasteiger partial charge on any atom is -0.454 e. The molecule has 0 bridgehead atoms. The summed E-state index contributed by atoms with van der Waals surface area (Å²) in [5.74, 6) is 0.750. The van der Waals surface area contributed by atoms with E-state index in [9.17, 15) is 9.59 Å². The Hall–Kier alpha value is -4.65. The Labute approximate surface area is 189 Å². The maximum Gasteiger partial charge on any atom is 0.344 e. The lowest BCUT2D eigenvalue weighted by atomic mass is 10.0. The number of carbonyl (C=O) groups is 2. The second kappa shape index (κ2) is 8.84. The molecule has 0 saturated heterocycles. The van der Waals surface area contributed by atoms with E-state index >= 15 is 0 Å². The zero-order valence-corrected chi connectivity index (χ0v) is 17.4. The predicted octanol–water partition coefficient (Wildman–Crippen LogP) is 4.55. The van der Waals surface area contributed by atoms with Crippen LogP contribution in [0.1, 0.15) is 26.3 Å². The molecule has 33 heavy (non-hydrogen) atoms. The van der Waals surface area contributed by atoms with Gasteiger partial charge in [-0.3, -0.25) is 4.79 Å². The molecule has 0 unspecified atom stereocenters. The number of hydrogen-bond acceptors (Lipinski definition) is 6. The molecule has 162 valence electrons. The van der Waals surface area contributed by atoms with Crippen LogP contribution in [0.5, 0.6) is 17.2 Å². The number of nitrogens with zero attached hydrogens (tertiary/aromatic N) is 1. The summed E-state index contributed by atoms with van der Waals surface area (Å²) >= 11 is 0. The minimum atomic E-state index is -0.427. The SMILES string of the molecule is O=C(NN=Cc1ccc(OC(=O)c2cccc3ccccc23)cc1)c1ccc2c(c1)OCO2. The van der Waals surface area contributed by atoms with Crippen LogP contribution in [-0.2, 0) is 0 Å². The van der Waals surface area contributed by atoms with Crippen LogP contribution in [0.3, 0.4) is 0 Å². The number of fused-ring (bicyclic) bond motifs is 2. The number of esters is 1. The summed E-state index contributed by atoms with van der Waals surface area (Å²) in [5.41, 5.74) is 4.11. The molecule has 0 aromatic heterocycles. The van der Waals surface area contributed by atoms with E-state index in [2.05, 4.69) is 10.5 Å². The minimum absolute atomic E-state index is 0.145. The maximum absolute atomic E-state index is 12.7. The highest BCUT2D eigenvalue weighted by atomic mass is 16.7. The highest BCUT2D eigenvalue weighted by Crippen LogP contribution is 2.32. The summed E-state index contributed by atoms with van der Waals surface area (Å²) in [6, 6.07) is 24.9. The number of nitrogens with one attached hydrogen (secondary N) is 1. The first-order chi connectivity index (χ1) is 16.2. The lowest BCUT2D eigenvalue weighted by Crippen LogP contribution is -2.17. The zero-order valence-electron chi connectivity index (χ0n) is 17.4. The third-order valence-electron chi connectivity index (χ3n) is 5.11. The van der Waals surface area contributed by atoms with Crippen molar-refractivity contribution in [2.24, 2.45) is 5.10 Å². The van der Waals surface area contributed by atoms with E-state index in [1.807, 2.05) is 36.4 Å². The number of hydrazone groups is 1. The molecular formula is C26H18N2O5. The molecule has 4 aromatic carbocycles. The van der Waals surface area contributed by atoms with Gasteiger partial charge in [-0.25, -0.2) is 10.2 Å². The Bertz CT molecular complexity index is 1370. The van der Waals surface area contributed by atoms with Crippen molar-refractivity contribution in [2.45, 2.75) is 0 Å². The van der Waals surface area contributed by atoms with E-state index in [0.29, 0.717) is 28.4 Å². The maximum atomic E-state index is 12.7. The fourth-order valence-corrected chi connectivity index (χ4v) is 3.46. The molecule has 1 amide bonds. The third-order valence-corrected chi connectivity index (χ3v) is 5.11. The quantitative estimate of drug-likeness (QED) is 0.214. The van der Waals surface area contributed by atoms with E-state index in [1.54, 1.807) is 48.5 Å². The van der Waals surface area contributed by atoms with E-state index in [4.69, 9.17) is 14.2 Å². The van der Waals surface area contributed by atoms with E-state index in [-0.39, 0.29) is 12.7 Å². The first kappa shape index (κ1) is 20.3. The molecule has 7 heteroatoms. The summed E-state index contributed by atoms with van der Waals surface area (Å²) in [6.07, 6.45) is 1.50. The van der Waals surface area contributed by atoms with Crippen molar-refractivity contribution in [3.8, 4) is 17.2 Å². The summed E-state index contributed by atoms with van der Waals surface area (Å²) in [5, 5.41) is 5.79. The second-order valence-electron chi connectivity index (χ2n) is 7.25. The van der Waals surface area contributed by atoms with Crippen molar-refractivity contribution in [3.05, 3.63) is 102 Å². The van der Waals surface area contributed by atoms with Crippen LogP contribution >= 0.6 is 0 Å². The molecule has 0 radical (unpaired) electrons. The number of carbonyl (C=O) groups excluding carboxylic acids is 2. The molecule has 7 nitrogen and oxygen atoms in total. The third kappa shape index (κ3) is 4.38. The largest absolute Gasteiger partial charge is 0.454 e. The van der Waals surface area contributed by atoms with Crippen LogP contribution in [0.15, 0.2) is 90.0 Å². The van der Waals surface area contributed by atoms with Gasteiger partial charge in [-0.2, -0.15) is 5.10 Å². The van der Waals surface area contributed by atoms with Gasteiger partial charge in [0.1, 0.15) is 5.75 Å². The van der Waals surface area contributed by atoms with E-state index < -0.39 is 5.97 Å². The first-order valence-corrected chi connectivity index (χ1v) is 10.2. The summed E-state index contributed by atoms with van der Waals surface area (Å²) in [4.78, 5) is 24.9. The molecule has 1 aliphatic rings. The summed E-state index contributed by atoms with van der Waals surface area (Å²) in [7, 11) is 0. The molecule has 0 spiro atoms. The molecular weight excluding hydrogens is 420 g/mol. The van der Waals surface area contributed by atoms with Gasteiger partial charge in [0.25, 0.3) is 5.91 Å². The van der Waals surface area contributed by atoms with Gasteiger partial charge >= 0.3 is 5.97 Å². The van der Waals surface area contributed by atoms with Crippen LogP contribution in [-0.4, -0.2) is 24.9 Å². The second-order valence-corrected chi connectivity index (χ2v) is 7.25. The molecule has 0 fully saturated rings. The van der Waals surface area contributed by atoms with Crippen LogP contribution in [0, 0.1) is 0 Å². The van der Waals surface area contributed by atoms with Crippen molar-refractivity contribution in [1.82, 2.24) is 5.43 Å². The van der Waals surface area contributed by atoms with Crippen LogP contribution < -0.4 is 19.6 Å². The van der Waals surface area contributed by atoms with Gasteiger partial charge < -0.3 is 14.2 Å². The molecule has 0 aliphatic carbocycles. The van der Waals surface area contributed by atoms with Gasteiger partial charge in [0, 0.05) is 5.56 Å². The average molecular weight is 438 g/mol. The highest BCUT2D eigenvalue weighted by molar-refractivity contribution is 6.05. The van der Waals surface area contributed by atoms with Gasteiger partial charge in [0.15, 0.2) is 11.5 Å². The fourth-order valence-electron chi connectivity index (χ4n) is 3.46. The summed E-state index contributed by atoms with van der Waals surface area (Å²) in [6.45, 7) is 0.145. The number of rotatable bonds is 5. The van der Waals surface area contributed by atoms with Crippen molar-refractivity contribution in [2.75, 3.05) is 6.79 Å². The Kier molecular flexibility index (Phi) is 5.43. The van der Waals surface area contributed by atoms with Crippen molar-refractivity contribution in [1.29, 1.82) is 0 Å². The average Bonchev–Trinajstić information content (AvgIpc) is 3.32. The molecule has 0 saturated carbocycles. The molecule has 1 N–H and O–H groups in total. The molecule has 5 rings (SSSR count). The van der Waals surface area contributed by atoms with Gasteiger partial charge in [-0.1, -0.05) is 36.4 Å². The Morgan fingerprint density at radius 3 is 2.55 bits per heavy atom. The number of benzene rings is 4. The fraction of sp³-hybridized carbons (Fsp3) is 0.0385. The zero-order chi connectivity index (χ0) is 22.6. The Morgan fingerprint density at radius 1 is 0.879 bits per heavy atom. The molecule has 1 heterocycles. The van der Waals surface area contributed by atoms with Crippen molar-refractivity contribution in [3.63, 3.8) is 0 Å². The highest BCUT2D eigenvalue weighted by Gasteiger charge is 2.16. The van der Waals surface area contributed by atoms with E-state index in [1.165, 1.54) is 6.21 Å². The van der Waals surface area contributed by atoms with Crippen LogP contribution in [0.4, 0.5) is 0 Å². The molecule has 4 aromatic rings. The number of amides is 1. The van der Waals surface area contributed by atoms with Crippen LogP contribution in [0.2, 0.25) is 0 Å². The Balaban J connectivity index is 1.21. The van der Waals surface area contributed by atoms with Crippen molar-refractivity contribution >= 4 is 28.9 Å². The first-order valence-electron chi connectivity index (χ1n) is 10.2. The molecule has 1 aliphatic heterocycles. The van der Waals surface area contributed by atoms with Gasteiger partial charge in [-0.05, 0) is 64.9 Å². The standard InChI is InChI=1S/C26H18N2O5/c29-25(19-10-13-23-24(14-19)32-16-31-23)28-27-15-17-8-11-20(12-9-17)33-26(30)22-7-3-5-18-4-1-2-6-21(18)22/h1-15H,16H2,(H,28,29). The lowest BCUT2D eigenvalue weighted by Gasteiger charge is -2.07. The van der Waals surface area contributed by atoms with E-state index in [0.717, 1.165) is 16.3 Å². The number of ether oxygens (including phenoxy) is 3. The van der Waals surface area contributed by atoms with Gasteiger partial charge in [0.2, 0.25) is 6.79 Å². The normalized spacial score (nSPS) is 12.1. The topological polar surface area (TPSA) is 86.2 Å². The monoisotopic (exact) mass is 438 g/mol. The van der Waals surface area contributed by atoms with Gasteiger partial charge in [-0.15, -0.1) is 0 Å². The summed E-state index contributed by atoms with van der Waals surface area (Å²) < 4.78 is 16.0. The lowest BCUT2D eigenvalue weighted by molar-refractivity contribution is 0.0736. The predicted molar refractivity (Wildman–Crippen MR) is 123 cm³/mol. The van der Waals surface area contributed by atoms with Crippen molar-refractivity contribution < 1.29 is 23.8 Å². The van der Waals surface area contributed by atoms with Gasteiger partial charge in [0.05, 0.1) is 11.8 Å². The molecule has 0 atom stereocenters. The number of hydrogen-bond donors (Lipinski definition) is 1. The Morgan fingerprint density at radius 2 is 1.67 bits per heavy atom. The van der Waals surface area contributed by atoms with Crippen LogP contribution in [0.25, 0.3) is 10.8 Å².